The molecule has 1 heteroatoms. The van der Waals surface area contributed by atoms with Crippen LogP contribution in [-0.4, -0.2) is 4.57 Å². The summed E-state index contributed by atoms with van der Waals surface area (Å²) in [6.45, 7) is 0. The van der Waals surface area contributed by atoms with Crippen LogP contribution in [0.15, 0.2) is 229 Å². The maximum Gasteiger partial charge on any atom is 0.0517 e. The molecular weight excluding hydrogens is 735 g/mol. The summed E-state index contributed by atoms with van der Waals surface area (Å²) in [6, 6.07) is 55.3. The van der Waals surface area contributed by atoms with Crippen LogP contribution in [0.3, 0.4) is 0 Å². The molecule has 5 atom stereocenters. The van der Waals surface area contributed by atoms with Crippen molar-refractivity contribution in [1.82, 2.24) is 4.57 Å². The maximum absolute atomic E-state index is 2.70. The van der Waals surface area contributed by atoms with Crippen LogP contribution in [0.4, 0.5) is 0 Å². The first-order valence-electron chi connectivity index (χ1n) is 21.9. The summed E-state index contributed by atoms with van der Waals surface area (Å²) in [4.78, 5) is 0. The number of allylic oxidation sites excluding steroid dienone is 15. The summed E-state index contributed by atoms with van der Waals surface area (Å²) in [5.74, 6) is 0.872. The minimum atomic E-state index is 0.158. The molecular formula is C60H43N. The number of hydrogen-bond acceptors (Lipinski definition) is 0. The second kappa shape index (κ2) is 13.7. The topological polar surface area (TPSA) is 4.93 Å². The predicted molar refractivity (Wildman–Crippen MR) is 257 cm³/mol. The summed E-state index contributed by atoms with van der Waals surface area (Å²) in [7, 11) is 0. The molecule has 1 nitrogen and oxygen atoms in total. The van der Waals surface area contributed by atoms with Crippen LogP contribution in [0.2, 0.25) is 0 Å². The van der Waals surface area contributed by atoms with Gasteiger partial charge >= 0.3 is 0 Å². The van der Waals surface area contributed by atoms with Gasteiger partial charge in [-0.15, -0.1) is 0 Å². The summed E-state index contributed by atoms with van der Waals surface area (Å²) < 4.78 is 2.70. The molecule has 0 N–H and O–H groups in total. The lowest BCUT2D eigenvalue weighted by Crippen LogP contribution is -2.34. The highest BCUT2D eigenvalue weighted by atomic mass is 15.0. The molecule has 5 aliphatic carbocycles. The second-order valence-corrected chi connectivity index (χ2v) is 17.4. The Morgan fingerprint density at radius 1 is 0.525 bits per heavy atom. The van der Waals surface area contributed by atoms with Crippen molar-refractivity contribution in [2.75, 3.05) is 0 Å². The molecule has 0 aliphatic heterocycles. The van der Waals surface area contributed by atoms with Crippen molar-refractivity contribution in [3.8, 4) is 11.1 Å². The summed E-state index contributed by atoms with van der Waals surface area (Å²) in [6.07, 6.45) is 29.3. The first-order valence-corrected chi connectivity index (χ1v) is 21.9. The molecule has 0 amide bonds. The lowest BCUT2D eigenvalue weighted by molar-refractivity contribution is 0.329. The molecule has 8 aromatic rings. The third-order valence-electron chi connectivity index (χ3n) is 14.3. The van der Waals surface area contributed by atoms with E-state index in [9.17, 15) is 0 Å². The first-order chi connectivity index (χ1) is 30.3. The largest absolute Gasteiger partial charge is 0.336 e. The fourth-order valence-electron chi connectivity index (χ4n) is 11.9. The van der Waals surface area contributed by atoms with Crippen molar-refractivity contribution in [2.45, 2.75) is 18.4 Å². The third kappa shape index (κ3) is 5.26. The minimum absolute atomic E-state index is 0.158. The van der Waals surface area contributed by atoms with E-state index in [1.165, 1.54) is 99.0 Å². The van der Waals surface area contributed by atoms with Gasteiger partial charge in [0.25, 0.3) is 0 Å². The second-order valence-electron chi connectivity index (χ2n) is 17.4. The van der Waals surface area contributed by atoms with Crippen LogP contribution in [0.5, 0.6) is 0 Å². The van der Waals surface area contributed by atoms with Crippen molar-refractivity contribution in [3.05, 3.63) is 251 Å². The van der Waals surface area contributed by atoms with Crippen molar-refractivity contribution in [3.63, 3.8) is 0 Å². The van der Waals surface area contributed by atoms with Crippen LogP contribution in [-0.2, 0) is 0 Å². The smallest absolute Gasteiger partial charge is 0.0517 e. The van der Waals surface area contributed by atoms with Crippen LogP contribution < -0.4 is 0 Å². The first kappa shape index (κ1) is 34.6. The number of hydrogen-bond donors (Lipinski definition) is 0. The molecule has 0 saturated heterocycles. The van der Waals surface area contributed by atoms with Gasteiger partial charge in [-0.1, -0.05) is 194 Å². The number of rotatable bonds is 4. The van der Waals surface area contributed by atoms with Gasteiger partial charge in [0, 0.05) is 45.5 Å². The molecule has 0 spiro atoms. The Kier molecular flexibility index (Phi) is 7.75. The van der Waals surface area contributed by atoms with Gasteiger partial charge in [0.15, 0.2) is 0 Å². The number of fused-ring (bicyclic) bond motifs is 9. The van der Waals surface area contributed by atoms with Crippen molar-refractivity contribution < 1.29 is 0 Å². The third-order valence-corrected chi connectivity index (χ3v) is 14.3. The molecule has 61 heavy (non-hydrogen) atoms. The Morgan fingerprint density at radius 3 is 1.93 bits per heavy atom. The lowest BCUT2D eigenvalue weighted by atomic mass is 9.64. The lowest BCUT2D eigenvalue weighted by Gasteiger charge is -2.44. The predicted octanol–water partition coefficient (Wildman–Crippen LogP) is 15.3. The highest BCUT2D eigenvalue weighted by Crippen LogP contribution is 2.56. The van der Waals surface area contributed by atoms with Crippen LogP contribution in [0.1, 0.15) is 40.6 Å². The average molecular weight is 778 g/mol. The van der Waals surface area contributed by atoms with Crippen LogP contribution >= 0.6 is 0 Å². The molecule has 1 aromatic heterocycles. The number of aromatic nitrogens is 1. The van der Waals surface area contributed by atoms with E-state index >= 15 is 0 Å². The molecule has 0 radical (unpaired) electrons. The Labute approximate surface area is 356 Å². The SMILES string of the molecule is C1=CCC2C(=C1)C(c1cc(-c3c4ccccc4cc4ccccc34)cc(C3c4ccccc4C=C4C=CC=CC43)c1)=C1C=CC=CC1C2n1c2ccccc2c2ccccc21. The Bertz CT molecular complexity index is 3310. The number of para-hydroxylation sites is 2. The van der Waals surface area contributed by atoms with E-state index in [0.717, 1.165) is 6.42 Å². The highest BCUT2D eigenvalue weighted by molar-refractivity contribution is 6.13. The Morgan fingerprint density at radius 2 is 1.16 bits per heavy atom. The van der Waals surface area contributed by atoms with Gasteiger partial charge in [0.05, 0.1) is 6.04 Å². The van der Waals surface area contributed by atoms with Crippen LogP contribution in [0.25, 0.3) is 66.1 Å². The average Bonchev–Trinajstić information content (AvgIpc) is 3.65. The molecule has 5 aliphatic rings. The zero-order valence-corrected chi connectivity index (χ0v) is 33.8. The fraction of sp³-hybridized carbons (Fsp3) is 0.100. The van der Waals surface area contributed by atoms with E-state index in [1.54, 1.807) is 0 Å². The number of benzene rings is 7. The van der Waals surface area contributed by atoms with Gasteiger partial charge in [-0.05, 0) is 108 Å². The van der Waals surface area contributed by atoms with Crippen molar-refractivity contribution in [2.24, 2.45) is 17.8 Å². The summed E-state index contributed by atoms with van der Waals surface area (Å²) in [5, 5.41) is 7.77. The standard InChI is InChI=1S/C60H43N/c1-5-21-45-38(17-1)33-39-18-2-6-22-46(39)57(45)42-35-43(58-47-23-7-3-19-40(47)34-41-20-4-8-24-48(41)58)37-44(36-42)59-51-27-9-11-29-53(51)60(54-30-12-10-28-52(54)59)61-55-31-15-13-25-49(55)50-26-14-16-32-56(50)61/h1-29,31-37,45,53-54,57,60H,30H2. The van der Waals surface area contributed by atoms with E-state index < -0.39 is 0 Å². The van der Waals surface area contributed by atoms with Gasteiger partial charge in [0.1, 0.15) is 0 Å². The zero-order chi connectivity index (χ0) is 40.0. The zero-order valence-electron chi connectivity index (χ0n) is 33.8. The van der Waals surface area contributed by atoms with E-state index in [4.69, 9.17) is 0 Å². The fourth-order valence-corrected chi connectivity index (χ4v) is 11.9. The quantitative estimate of drug-likeness (QED) is 0.157. The minimum Gasteiger partial charge on any atom is -0.336 e. The van der Waals surface area contributed by atoms with E-state index in [1.807, 2.05) is 0 Å². The van der Waals surface area contributed by atoms with Gasteiger partial charge in [0.2, 0.25) is 0 Å². The normalized spacial score (nSPS) is 22.3. The monoisotopic (exact) mass is 777 g/mol. The molecule has 0 fully saturated rings. The van der Waals surface area contributed by atoms with E-state index in [-0.39, 0.29) is 29.7 Å². The van der Waals surface area contributed by atoms with Gasteiger partial charge in [-0.3, -0.25) is 0 Å². The van der Waals surface area contributed by atoms with E-state index in [2.05, 4.69) is 223 Å². The van der Waals surface area contributed by atoms with E-state index in [0.29, 0.717) is 0 Å². The van der Waals surface area contributed by atoms with Crippen molar-refractivity contribution in [1.29, 1.82) is 0 Å². The molecule has 13 rings (SSSR count). The van der Waals surface area contributed by atoms with Gasteiger partial charge in [-0.2, -0.15) is 0 Å². The molecule has 288 valence electrons. The Hall–Kier alpha value is -7.22. The molecule has 1 heterocycles. The molecule has 7 aromatic carbocycles. The van der Waals surface area contributed by atoms with Crippen LogP contribution in [0, 0.1) is 17.8 Å². The van der Waals surface area contributed by atoms with Gasteiger partial charge < -0.3 is 4.57 Å². The summed E-state index contributed by atoms with van der Waals surface area (Å²) >= 11 is 0. The molecule has 0 saturated carbocycles. The molecule has 5 unspecified atom stereocenters. The molecule has 0 bridgehead atoms. The number of nitrogens with zero attached hydrogens (tertiary/aromatic N) is 1. The summed E-state index contributed by atoms with van der Waals surface area (Å²) in [5.41, 5.74) is 16.2. The van der Waals surface area contributed by atoms with Gasteiger partial charge in [-0.25, -0.2) is 0 Å². The van der Waals surface area contributed by atoms with Crippen molar-refractivity contribution >= 4 is 55.0 Å². The highest BCUT2D eigenvalue weighted by Gasteiger charge is 2.43. The maximum atomic E-state index is 2.70. The Balaban J connectivity index is 1.11.